The number of hydrogen-bond acceptors (Lipinski definition) is 2. The number of ether oxygens (including phenoxy) is 1. The van der Waals surface area contributed by atoms with E-state index in [-0.39, 0.29) is 10.8 Å². The minimum Gasteiger partial charge on any atom is -0.457 e. The summed E-state index contributed by atoms with van der Waals surface area (Å²) in [5.74, 6) is 1.81. The van der Waals surface area contributed by atoms with Crippen LogP contribution in [0.15, 0.2) is 212 Å². The van der Waals surface area contributed by atoms with Gasteiger partial charge in [0.25, 0.3) is 0 Å². The van der Waals surface area contributed by atoms with E-state index in [0.29, 0.717) is 0 Å². The topological polar surface area (TPSA) is 12.5 Å². The lowest BCUT2D eigenvalue weighted by molar-refractivity contribution is 0.418. The summed E-state index contributed by atoms with van der Waals surface area (Å²) >= 11 is 0. The van der Waals surface area contributed by atoms with Gasteiger partial charge >= 0.3 is 0 Å². The summed E-state index contributed by atoms with van der Waals surface area (Å²) in [6, 6.07) is 77.6. The van der Waals surface area contributed by atoms with Crippen LogP contribution in [0.5, 0.6) is 11.5 Å². The molecule has 0 fully saturated rings. The van der Waals surface area contributed by atoms with Gasteiger partial charge in [-0.1, -0.05) is 184 Å². The number of nitrogens with zero attached hydrogens (tertiary/aromatic N) is 1. The van der Waals surface area contributed by atoms with Crippen molar-refractivity contribution >= 4 is 27.8 Å². The molecule has 2 heteroatoms. The van der Waals surface area contributed by atoms with E-state index in [2.05, 4.69) is 231 Å². The second-order valence-electron chi connectivity index (χ2n) is 16.5. The second kappa shape index (κ2) is 13.7. The van der Waals surface area contributed by atoms with Crippen molar-refractivity contribution < 1.29 is 4.74 Å². The summed E-state index contributed by atoms with van der Waals surface area (Å²) in [5.41, 5.74) is 15.5. The van der Waals surface area contributed by atoms with Crippen LogP contribution in [0.1, 0.15) is 47.2 Å². The molecule has 11 rings (SSSR count). The summed E-state index contributed by atoms with van der Waals surface area (Å²) in [6.45, 7) is 4.64. The summed E-state index contributed by atoms with van der Waals surface area (Å²) in [7, 11) is 0. The fourth-order valence-electron chi connectivity index (χ4n) is 10.2. The zero-order valence-corrected chi connectivity index (χ0v) is 33.3. The van der Waals surface area contributed by atoms with Crippen molar-refractivity contribution in [2.45, 2.75) is 31.1 Å². The summed E-state index contributed by atoms with van der Waals surface area (Å²) in [5, 5.41) is 2.42. The molecule has 0 bridgehead atoms. The average Bonchev–Trinajstić information content (AvgIpc) is 3.57. The number of anilines is 3. The first kappa shape index (κ1) is 35.0. The molecule has 0 radical (unpaired) electrons. The van der Waals surface area contributed by atoms with Gasteiger partial charge in [-0.3, -0.25) is 0 Å². The third kappa shape index (κ3) is 5.55. The molecule has 0 unspecified atom stereocenters. The summed E-state index contributed by atoms with van der Waals surface area (Å²) in [6.07, 6.45) is 0.832. The van der Waals surface area contributed by atoms with Gasteiger partial charge < -0.3 is 9.64 Å². The molecule has 0 saturated carbocycles. The van der Waals surface area contributed by atoms with Crippen LogP contribution in [-0.4, -0.2) is 0 Å². The van der Waals surface area contributed by atoms with Crippen LogP contribution in [-0.2, 0) is 17.3 Å². The maximum Gasteiger partial charge on any atom is 0.133 e. The Labute approximate surface area is 346 Å². The monoisotopic (exact) mass is 757 g/mol. The van der Waals surface area contributed by atoms with E-state index >= 15 is 0 Å². The number of benzene rings is 9. The lowest BCUT2D eigenvalue weighted by atomic mass is 9.68. The van der Waals surface area contributed by atoms with Crippen molar-refractivity contribution in [3.63, 3.8) is 0 Å². The minimum absolute atomic E-state index is 0.305. The molecule has 2 aliphatic rings. The quantitative estimate of drug-likeness (QED) is 0.161. The highest BCUT2D eigenvalue weighted by Crippen LogP contribution is 2.56. The largest absolute Gasteiger partial charge is 0.457 e. The van der Waals surface area contributed by atoms with Gasteiger partial charge in [-0.2, -0.15) is 0 Å². The molecule has 9 aromatic carbocycles. The molecule has 9 aromatic rings. The Morgan fingerprint density at radius 3 is 1.76 bits per heavy atom. The molecule has 59 heavy (non-hydrogen) atoms. The van der Waals surface area contributed by atoms with Gasteiger partial charge in [-0.15, -0.1) is 0 Å². The Morgan fingerprint density at radius 1 is 0.441 bits per heavy atom. The van der Waals surface area contributed by atoms with E-state index in [1.165, 1.54) is 66.4 Å². The first-order chi connectivity index (χ1) is 29.0. The van der Waals surface area contributed by atoms with Gasteiger partial charge in [-0.05, 0) is 104 Å². The van der Waals surface area contributed by atoms with Gasteiger partial charge in [0.15, 0.2) is 0 Å². The van der Waals surface area contributed by atoms with Crippen LogP contribution < -0.4 is 9.64 Å². The third-order valence-electron chi connectivity index (χ3n) is 12.9. The predicted molar refractivity (Wildman–Crippen MR) is 245 cm³/mol. The Balaban J connectivity index is 1.05. The fraction of sp³-hybridized carbons (Fsp3) is 0.0877. The Hall–Kier alpha value is -7.16. The Morgan fingerprint density at radius 2 is 1.02 bits per heavy atom. The maximum absolute atomic E-state index is 6.65. The molecule has 1 aliphatic carbocycles. The zero-order chi connectivity index (χ0) is 39.6. The molecule has 2 nitrogen and oxygen atoms in total. The molecular formula is C57H43NO. The molecule has 0 atom stereocenters. The number of rotatable bonds is 7. The van der Waals surface area contributed by atoms with Crippen molar-refractivity contribution in [2.75, 3.05) is 4.90 Å². The van der Waals surface area contributed by atoms with Crippen LogP contribution in [0.4, 0.5) is 17.1 Å². The molecule has 282 valence electrons. The van der Waals surface area contributed by atoms with E-state index < -0.39 is 0 Å². The zero-order valence-electron chi connectivity index (χ0n) is 33.3. The number of fused-ring (bicyclic) bond motifs is 6. The Kier molecular flexibility index (Phi) is 8.16. The first-order valence-corrected chi connectivity index (χ1v) is 20.6. The van der Waals surface area contributed by atoms with Crippen molar-refractivity contribution in [1.82, 2.24) is 0 Å². The maximum atomic E-state index is 6.65. The number of hydrogen-bond donors (Lipinski definition) is 0. The van der Waals surface area contributed by atoms with Crippen LogP contribution in [0, 0.1) is 0 Å². The molecule has 0 amide bonds. The predicted octanol–water partition coefficient (Wildman–Crippen LogP) is 15.0. The highest BCUT2D eigenvalue weighted by molar-refractivity contribution is 5.91. The smallest absolute Gasteiger partial charge is 0.133 e. The highest BCUT2D eigenvalue weighted by Gasteiger charge is 2.45. The molecule has 0 N–H and O–H groups in total. The third-order valence-corrected chi connectivity index (χ3v) is 12.9. The Bertz CT molecular complexity index is 2990. The molecule has 0 aromatic heterocycles. The van der Waals surface area contributed by atoms with E-state index in [1.54, 1.807) is 0 Å². The van der Waals surface area contributed by atoms with Crippen molar-refractivity contribution in [2.24, 2.45) is 0 Å². The fourth-order valence-corrected chi connectivity index (χ4v) is 10.2. The van der Waals surface area contributed by atoms with Crippen LogP contribution >= 0.6 is 0 Å². The standard InChI is InChI=1S/C57H43NO/c1-56(2)51-27-14-15-29-53(51)59-54-30-16-28-52(55(54)56)58(45-36-31-39-17-6-7-18-41(39)37-45)44-34-32-40(33-35-44)46-22-9-8-19-42(46)38-57(43-20-4-3-5-21-43)49-25-12-10-23-47(49)48-24-11-13-26-50(48)57/h3-37H,38H2,1-2H3. The molecule has 0 spiro atoms. The molecule has 1 aliphatic heterocycles. The summed E-state index contributed by atoms with van der Waals surface area (Å²) in [4.78, 5) is 2.41. The first-order valence-electron chi connectivity index (χ1n) is 20.6. The van der Waals surface area contributed by atoms with Crippen LogP contribution in [0.25, 0.3) is 33.0 Å². The average molecular weight is 758 g/mol. The highest BCUT2D eigenvalue weighted by atomic mass is 16.5. The second-order valence-corrected chi connectivity index (χ2v) is 16.5. The molecule has 0 saturated heterocycles. The van der Waals surface area contributed by atoms with Gasteiger partial charge in [0, 0.05) is 27.9 Å². The SMILES string of the molecule is CC1(C)c2ccccc2Oc2cccc(N(c3ccc(-c4ccccc4CC4(c5ccccc5)c5ccccc5-c5ccccc54)cc3)c3ccc4ccccc4c3)c21. The lowest BCUT2D eigenvalue weighted by Crippen LogP contribution is -2.30. The van der Waals surface area contributed by atoms with Crippen molar-refractivity contribution in [3.05, 3.63) is 246 Å². The lowest BCUT2D eigenvalue weighted by Gasteiger charge is -2.39. The van der Waals surface area contributed by atoms with E-state index in [0.717, 1.165) is 35.0 Å². The normalized spacial score (nSPS) is 14.1. The summed E-state index contributed by atoms with van der Waals surface area (Å²) < 4.78 is 6.65. The van der Waals surface area contributed by atoms with Crippen LogP contribution in [0.3, 0.4) is 0 Å². The van der Waals surface area contributed by atoms with E-state index in [4.69, 9.17) is 4.74 Å². The van der Waals surface area contributed by atoms with Crippen LogP contribution in [0.2, 0.25) is 0 Å². The molecule has 1 heterocycles. The van der Waals surface area contributed by atoms with Gasteiger partial charge in [0.2, 0.25) is 0 Å². The number of para-hydroxylation sites is 1. The van der Waals surface area contributed by atoms with Crippen molar-refractivity contribution in [1.29, 1.82) is 0 Å². The van der Waals surface area contributed by atoms with E-state index in [1.807, 2.05) is 0 Å². The van der Waals surface area contributed by atoms with Gasteiger partial charge in [0.05, 0.1) is 11.1 Å². The minimum atomic E-state index is -0.336. The van der Waals surface area contributed by atoms with Gasteiger partial charge in [-0.25, -0.2) is 0 Å². The van der Waals surface area contributed by atoms with Gasteiger partial charge in [0.1, 0.15) is 11.5 Å². The van der Waals surface area contributed by atoms with E-state index in [9.17, 15) is 0 Å². The molecular weight excluding hydrogens is 715 g/mol. The van der Waals surface area contributed by atoms with Crippen molar-refractivity contribution in [3.8, 4) is 33.8 Å².